The lowest BCUT2D eigenvalue weighted by molar-refractivity contribution is 0.147. The van der Waals surface area contributed by atoms with Crippen molar-refractivity contribution in [2.75, 3.05) is 13.2 Å². The highest BCUT2D eigenvalue weighted by molar-refractivity contribution is 5.32. The van der Waals surface area contributed by atoms with E-state index in [1.165, 1.54) is 17.5 Å². The molecule has 1 aliphatic rings. The summed E-state index contributed by atoms with van der Waals surface area (Å²) in [6.07, 6.45) is 6.09. The number of benzene rings is 1. The van der Waals surface area contributed by atoms with Gasteiger partial charge in [-0.1, -0.05) is 36.3 Å². The van der Waals surface area contributed by atoms with Gasteiger partial charge in [0.25, 0.3) is 0 Å². The zero-order valence-electron chi connectivity index (χ0n) is 14.4. The van der Waals surface area contributed by atoms with E-state index in [-0.39, 0.29) is 6.61 Å². The molecule has 0 amide bonds. The fourth-order valence-corrected chi connectivity index (χ4v) is 3.58. The van der Waals surface area contributed by atoms with Crippen LogP contribution in [0.15, 0.2) is 28.8 Å². The van der Waals surface area contributed by atoms with Crippen molar-refractivity contribution in [3.05, 3.63) is 47.1 Å². The van der Waals surface area contributed by atoms with Crippen molar-refractivity contribution in [2.45, 2.75) is 58.0 Å². The minimum absolute atomic E-state index is 0.207. The second-order valence-electron chi connectivity index (χ2n) is 6.51. The van der Waals surface area contributed by atoms with Crippen molar-refractivity contribution < 1.29 is 9.63 Å². The minimum Gasteiger partial charge on any atom is -0.396 e. The average Bonchev–Trinajstić information content (AvgIpc) is 3.05. The van der Waals surface area contributed by atoms with E-state index in [0.29, 0.717) is 12.6 Å². The smallest absolute Gasteiger partial charge is 0.226 e. The van der Waals surface area contributed by atoms with Crippen molar-refractivity contribution >= 4 is 0 Å². The molecule has 3 rings (SSSR count). The van der Waals surface area contributed by atoms with Crippen LogP contribution >= 0.6 is 0 Å². The summed E-state index contributed by atoms with van der Waals surface area (Å²) in [5, 5.41) is 13.4. The predicted octanol–water partition coefficient (Wildman–Crippen LogP) is 3.28. The Balaban J connectivity index is 1.78. The number of rotatable bonds is 8. The van der Waals surface area contributed by atoms with E-state index < -0.39 is 0 Å². The van der Waals surface area contributed by atoms with Gasteiger partial charge in [-0.2, -0.15) is 4.98 Å². The number of nitrogens with zero attached hydrogens (tertiary/aromatic N) is 3. The third kappa shape index (κ3) is 4.02. The second-order valence-corrected chi connectivity index (χ2v) is 6.51. The lowest BCUT2D eigenvalue weighted by Crippen LogP contribution is -2.32. The first kappa shape index (κ1) is 17.1. The third-order valence-corrected chi connectivity index (χ3v) is 4.70. The highest BCUT2D eigenvalue weighted by Gasteiger charge is 2.26. The van der Waals surface area contributed by atoms with Gasteiger partial charge in [-0.05, 0) is 43.2 Å². The fraction of sp³-hybridized carbons (Fsp3) is 0.579. The van der Waals surface area contributed by atoms with E-state index in [2.05, 4.69) is 46.2 Å². The molecule has 1 unspecified atom stereocenters. The first-order chi connectivity index (χ1) is 11.8. The Labute approximate surface area is 143 Å². The van der Waals surface area contributed by atoms with Crippen LogP contribution in [0.25, 0.3) is 0 Å². The van der Waals surface area contributed by atoms with E-state index in [4.69, 9.17) is 4.52 Å². The molecule has 1 aliphatic carbocycles. The molecule has 1 aromatic heterocycles. The molecule has 0 bridgehead atoms. The molecule has 0 saturated heterocycles. The molecule has 0 aliphatic heterocycles. The highest BCUT2D eigenvalue weighted by Crippen LogP contribution is 2.34. The molecule has 1 heterocycles. The van der Waals surface area contributed by atoms with Crippen LogP contribution in [0.2, 0.25) is 0 Å². The first-order valence-electron chi connectivity index (χ1n) is 9.06. The van der Waals surface area contributed by atoms with Gasteiger partial charge in [-0.25, -0.2) is 0 Å². The second kappa shape index (κ2) is 8.40. The van der Waals surface area contributed by atoms with Crippen LogP contribution in [0, 0.1) is 0 Å². The van der Waals surface area contributed by atoms with E-state index in [0.717, 1.165) is 50.4 Å². The van der Waals surface area contributed by atoms with Gasteiger partial charge in [0.15, 0.2) is 5.82 Å². The quantitative estimate of drug-likeness (QED) is 0.805. The number of hydrogen-bond donors (Lipinski definition) is 1. The van der Waals surface area contributed by atoms with Gasteiger partial charge in [0.2, 0.25) is 5.89 Å². The van der Waals surface area contributed by atoms with Crippen molar-refractivity contribution in [3.63, 3.8) is 0 Å². The lowest BCUT2D eigenvalue weighted by Gasteiger charge is -2.35. The molecule has 5 heteroatoms. The standard InChI is InChI=1S/C19H27N3O2/c1-2-7-19-20-18(21-24-19)14-22(12-6-13-23)17-11-5-9-15-8-3-4-10-16(15)17/h3-4,8,10,17,23H,2,5-7,9,11-14H2,1H3. The van der Waals surface area contributed by atoms with E-state index >= 15 is 0 Å². The van der Waals surface area contributed by atoms with Crippen molar-refractivity contribution in [1.82, 2.24) is 15.0 Å². The Morgan fingerprint density at radius 3 is 3.04 bits per heavy atom. The monoisotopic (exact) mass is 329 g/mol. The van der Waals surface area contributed by atoms with Crippen LogP contribution in [0.5, 0.6) is 0 Å². The summed E-state index contributed by atoms with van der Waals surface area (Å²) in [4.78, 5) is 6.91. The maximum atomic E-state index is 9.27. The van der Waals surface area contributed by atoms with E-state index in [9.17, 15) is 5.11 Å². The molecule has 24 heavy (non-hydrogen) atoms. The number of hydrogen-bond acceptors (Lipinski definition) is 5. The zero-order chi connectivity index (χ0) is 16.8. The Bertz CT molecular complexity index is 641. The summed E-state index contributed by atoms with van der Waals surface area (Å²) in [5.41, 5.74) is 2.86. The Kier molecular flexibility index (Phi) is 5.99. The summed E-state index contributed by atoms with van der Waals surface area (Å²) in [6, 6.07) is 9.09. The number of aliphatic hydroxyl groups excluding tert-OH is 1. The van der Waals surface area contributed by atoms with Gasteiger partial charge in [-0.3, -0.25) is 4.90 Å². The van der Waals surface area contributed by atoms with E-state index in [1.807, 2.05) is 0 Å². The first-order valence-corrected chi connectivity index (χ1v) is 9.06. The molecule has 130 valence electrons. The van der Waals surface area contributed by atoms with Crippen molar-refractivity contribution in [2.24, 2.45) is 0 Å². The van der Waals surface area contributed by atoms with Crippen LogP contribution in [0.1, 0.15) is 61.5 Å². The molecule has 1 atom stereocenters. The number of fused-ring (bicyclic) bond motifs is 1. The fourth-order valence-electron chi connectivity index (χ4n) is 3.58. The van der Waals surface area contributed by atoms with Crippen molar-refractivity contribution in [3.8, 4) is 0 Å². The minimum atomic E-state index is 0.207. The number of aliphatic hydroxyl groups is 1. The SMILES string of the molecule is CCCc1nc(CN(CCCO)C2CCCc3ccccc32)no1. The Morgan fingerprint density at radius 1 is 1.33 bits per heavy atom. The van der Waals surface area contributed by atoms with Gasteiger partial charge in [0.05, 0.1) is 6.54 Å². The summed E-state index contributed by atoms with van der Waals surface area (Å²) < 4.78 is 5.33. The topological polar surface area (TPSA) is 62.4 Å². The third-order valence-electron chi connectivity index (χ3n) is 4.70. The van der Waals surface area contributed by atoms with Crippen LogP contribution < -0.4 is 0 Å². The normalized spacial score (nSPS) is 17.2. The molecule has 0 fully saturated rings. The van der Waals surface area contributed by atoms with Crippen LogP contribution in [0.4, 0.5) is 0 Å². The largest absolute Gasteiger partial charge is 0.396 e. The summed E-state index contributed by atoms with van der Waals surface area (Å²) in [5.74, 6) is 1.47. The zero-order valence-corrected chi connectivity index (χ0v) is 14.4. The molecule has 1 N–H and O–H groups in total. The van der Waals surface area contributed by atoms with Crippen LogP contribution in [0.3, 0.4) is 0 Å². The molecule has 2 aromatic rings. The van der Waals surface area contributed by atoms with Crippen LogP contribution in [-0.4, -0.2) is 33.3 Å². The lowest BCUT2D eigenvalue weighted by atomic mass is 9.86. The molecule has 0 radical (unpaired) electrons. The number of aromatic nitrogens is 2. The predicted molar refractivity (Wildman–Crippen MR) is 92.5 cm³/mol. The molecule has 1 aromatic carbocycles. The van der Waals surface area contributed by atoms with E-state index in [1.54, 1.807) is 0 Å². The highest BCUT2D eigenvalue weighted by atomic mass is 16.5. The van der Waals surface area contributed by atoms with Gasteiger partial charge in [0, 0.05) is 25.6 Å². The summed E-state index contributed by atoms with van der Waals surface area (Å²) in [6.45, 7) is 3.83. The molecule has 5 nitrogen and oxygen atoms in total. The van der Waals surface area contributed by atoms with Crippen molar-refractivity contribution in [1.29, 1.82) is 0 Å². The summed E-state index contributed by atoms with van der Waals surface area (Å²) in [7, 11) is 0. The molecule has 0 saturated carbocycles. The molecular formula is C19H27N3O2. The van der Waals surface area contributed by atoms with Gasteiger partial charge >= 0.3 is 0 Å². The summed E-state index contributed by atoms with van der Waals surface area (Å²) >= 11 is 0. The van der Waals surface area contributed by atoms with Crippen LogP contribution in [-0.2, 0) is 19.4 Å². The Morgan fingerprint density at radius 2 is 2.21 bits per heavy atom. The maximum absolute atomic E-state index is 9.27. The Hall–Kier alpha value is -1.72. The van der Waals surface area contributed by atoms with Gasteiger partial charge in [-0.15, -0.1) is 0 Å². The molecular weight excluding hydrogens is 302 g/mol. The van der Waals surface area contributed by atoms with Gasteiger partial charge in [0.1, 0.15) is 0 Å². The van der Waals surface area contributed by atoms with Gasteiger partial charge < -0.3 is 9.63 Å². The average molecular weight is 329 g/mol. The molecule has 0 spiro atoms. The maximum Gasteiger partial charge on any atom is 0.226 e. The number of aryl methyl sites for hydroxylation is 2.